The van der Waals surface area contributed by atoms with Gasteiger partial charge >= 0.3 is 0 Å². The lowest BCUT2D eigenvalue weighted by Crippen LogP contribution is -2.21. The number of aliphatic hydroxyl groups is 1. The Morgan fingerprint density at radius 2 is 2.29 bits per heavy atom. The van der Waals surface area contributed by atoms with E-state index in [1.54, 1.807) is 11.3 Å². The van der Waals surface area contributed by atoms with Gasteiger partial charge < -0.3 is 10.0 Å². The van der Waals surface area contributed by atoms with Crippen LogP contribution in [0.1, 0.15) is 48.0 Å². The molecular formula is C16H19ClN2OS. The van der Waals surface area contributed by atoms with Gasteiger partial charge in [0, 0.05) is 12.1 Å². The summed E-state index contributed by atoms with van der Waals surface area (Å²) >= 11 is 7.69. The van der Waals surface area contributed by atoms with Crippen LogP contribution in [-0.4, -0.2) is 17.1 Å². The van der Waals surface area contributed by atoms with Gasteiger partial charge in [-0.15, -0.1) is 0 Å². The van der Waals surface area contributed by atoms with Gasteiger partial charge in [0.15, 0.2) is 5.13 Å². The Labute approximate surface area is 134 Å². The van der Waals surface area contributed by atoms with Gasteiger partial charge in [-0.25, -0.2) is 4.98 Å². The van der Waals surface area contributed by atoms with Gasteiger partial charge in [0.25, 0.3) is 0 Å². The third-order valence-corrected chi connectivity index (χ3v) is 5.65. The minimum Gasteiger partial charge on any atom is -0.388 e. The zero-order chi connectivity index (χ0) is 15.0. The molecule has 2 atom stereocenters. The molecule has 0 aliphatic heterocycles. The summed E-state index contributed by atoms with van der Waals surface area (Å²) in [4.78, 5) is 7.92. The van der Waals surface area contributed by atoms with Crippen LogP contribution in [0.15, 0.2) is 24.3 Å². The third-order valence-electron chi connectivity index (χ3n) is 4.12. The van der Waals surface area contributed by atoms with E-state index in [0.717, 1.165) is 40.0 Å². The monoisotopic (exact) mass is 322 g/mol. The summed E-state index contributed by atoms with van der Waals surface area (Å²) in [6, 6.07) is 8.11. The number of benzene rings is 1. The third kappa shape index (κ3) is 2.93. The normalized spacial score (nSPS) is 19.1. The lowest BCUT2D eigenvalue weighted by Gasteiger charge is -2.24. The Morgan fingerprint density at radius 1 is 1.48 bits per heavy atom. The molecule has 0 saturated heterocycles. The van der Waals surface area contributed by atoms with E-state index in [-0.39, 0.29) is 12.1 Å². The van der Waals surface area contributed by atoms with E-state index >= 15 is 0 Å². The van der Waals surface area contributed by atoms with Crippen molar-refractivity contribution in [3.8, 4) is 0 Å². The van der Waals surface area contributed by atoms with Crippen LogP contribution in [0.5, 0.6) is 0 Å². The fourth-order valence-electron chi connectivity index (χ4n) is 2.69. The van der Waals surface area contributed by atoms with Gasteiger partial charge in [0.05, 0.1) is 22.7 Å². The number of halogens is 1. The van der Waals surface area contributed by atoms with Gasteiger partial charge in [-0.2, -0.15) is 0 Å². The molecule has 112 valence electrons. The number of rotatable bonds is 3. The highest BCUT2D eigenvalue weighted by Crippen LogP contribution is 2.39. The molecule has 21 heavy (non-hydrogen) atoms. The standard InChI is InChI=1S/C16H19ClN2OS/c1-10(11-5-3-6-12(17)9-11)19(2)16-18-13-7-4-8-14(20)15(13)21-16/h3,5-6,9-10,14,20H,4,7-8H2,1-2H3. The second kappa shape index (κ2) is 5.95. The smallest absolute Gasteiger partial charge is 0.186 e. The van der Waals surface area contributed by atoms with E-state index in [1.807, 2.05) is 25.2 Å². The highest BCUT2D eigenvalue weighted by atomic mass is 35.5. The molecule has 2 unspecified atom stereocenters. The zero-order valence-electron chi connectivity index (χ0n) is 12.2. The van der Waals surface area contributed by atoms with Crippen molar-refractivity contribution in [1.82, 2.24) is 4.98 Å². The van der Waals surface area contributed by atoms with Crippen molar-refractivity contribution in [2.45, 2.75) is 38.3 Å². The molecule has 0 amide bonds. The maximum Gasteiger partial charge on any atom is 0.186 e. The molecule has 5 heteroatoms. The average molecular weight is 323 g/mol. The predicted octanol–water partition coefficient (Wildman–Crippen LogP) is 4.36. The SMILES string of the molecule is CC(c1cccc(Cl)c1)N(C)c1nc2c(s1)C(O)CCC2. The first-order chi connectivity index (χ1) is 10.1. The minimum atomic E-state index is -0.338. The quantitative estimate of drug-likeness (QED) is 0.912. The van der Waals surface area contributed by atoms with Crippen LogP contribution in [-0.2, 0) is 6.42 Å². The van der Waals surface area contributed by atoms with Crippen LogP contribution >= 0.6 is 22.9 Å². The minimum absolute atomic E-state index is 0.188. The van der Waals surface area contributed by atoms with Crippen molar-refractivity contribution in [3.05, 3.63) is 45.4 Å². The highest BCUT2D eigenvalue weighted by molar-refractivity contribution is 7.15. The molecule has 3 rings (SSSR count). The van der Waals surface area contributed by atoms with Crippen LogP contribution in [0.3, 0.4) is 0 Å². The molecule has 3 nitrogen and oxygen atoms in total. The molecule has 1 aliphatic carbocycles. The highest BCUT2D eigenvalue weighted by Gasteiger charge is 2.25. The number of anilines is 1. The van der Waals surface area contributed by atoms with E-state index in [1.165, 1.54) is 5.56 Å². The Balaban J connectivity index is 1.86. The summed E-state index contributed by atoms with van der Waals surface area (Å²) in [5, 5.41) is 11.8. The van der Waals surface area contributed by atoms with E-state index < -0.39 is 0 Å². The first-order valence-electron chi connectivity index (χ1n) is 7.22. The number of thiazole rings is 1. The Kier molecular flexibility index (Phi) is 4.20. The number of aromatic nitrogens is 1. The number of aliphatic hydroxyl groups excluding tert-OH is 1. The maximum atomic E-state index is 10.1. The van der Waals surface area contributed by atoms with Crippen LogP contribution in [0.25, 0.3) is 0 Å². The van der Waals surface area contributed by atoms with Crippen molar-refractivity contribution >= 4 is 28.1 Å². The predicted molar refractivity (Wildman–Crippen MR) is 88.3 cm³/mol. The molecule has 0 radical (unpaired) electrons. The average Bonchev–Trinajstić information content (AvgIpc) is 2.91. The molecule has 1 N–H and O–H groups in total. The van der Waals surface area contributed by atoms with Gasteiger partial charge in [0.1, 0.15) is 0 Å². The number of nitrogens with zero attached hydrogens (tertiary/aromatic N) is 2. The molecule has 1 aromatic carbocycles. The first kappa shape index (κ1) is 14.8. The van der Waals surface area contributed by atoms with Gasteiger partial charge in [-0.3, -0.25) is 0 Å². The van der Waals surface area contributed by atoms with Gasteiger partial charge in [-0.05, 0) is 43.9 Å². The molecule has 0 fully saturated rings. The van der Waals surface area contributed by atoms with E-state index in [4.69, 9.17) is 16.6 Å². The van der Waals surface area contributed by atoms with Crippen molar-refractivity contribution in [3.63, 3.8) is 0 Å². The molecule has 2 aromatic rings. The number of aryl methyl sites for hydroxylation is 1. The molecule has 1 aromatic heterocycles. The fraction of sp³-hybridized carbons (Fsp3) is 0.438. The summed E-state index contributed by atoms with van der Waals surface area (Å²) in [7, 11) is 2.04. The molecule has 1 aliphatic rings. The van der Waals surface area contributed by atoms with Crippen molar-refractivity contribution in [2.24, 2.45) is 0 Å². The van der Waals surface area contributed by atoms with Crippen molar-refractivity contribution in [2.75, 3.05) is 11.9 Å². The molecule has 0 saturated carbocycles. The lowest BCUT2D eigenvalue weighted by atomic mass is 10.0. The molecular weight excluding hydrogens is 304 g/mol. The van der Waals surface area contributed by atoms with Crippen LogP contribution in [0.2, 0.25) is 5.02 Å². The summed E-state index contributed by atoms with van der Waals surface area (Å²) in [6.07, 6.45) is 2.50. The van der Waals surface area contributed by atoms with E-state index in [9.17, 15) is 5.11 Å². The number of fused-ring (bicyclic) bond motifs is 1. The van der Waals surface area contributed by atoms with Crippen LogP contribution in [0, 0.1) is 0 Å². The van der Waals surface area contributed by atoms with Gasteiger partial charge in [0.2, 0.25) is 0 Å². The maximum absolute atomic E-state index is 10.1. The van der Waals surface area contributed by atoms with E-state index in [2.05, 4.69) is 17.9 Å². The molecule has 0 bridgehead atoms. The van der Waals surface area contributed by atoms with E-state index in [0.29, 0.717) is 0 Å². The second-order valence-corrected chi connectivity index (χ2v) is 7.00. The molecule has 0 spiro atoms. The van der Waals surface area contributed by atoms with Crippen molar-refractivity contribution in [1.29, 1.82) is 0 Å². The Morgan fingerprint density at radius 3 is 3.00 bits per heavy atom. The Hall–Kier alpha value is -1.10. The molecule has 1 heterocycles. The van der Waals surface area contributed by atoms with Crippen LogP contribution < -0.4 is 4.90 Å². The first-order valence-corrected chi connectivity index (χ1v) is 8.41. The second-order valence-electron chi connectivity index (χ2n) is 5.56. The summed E-state index contributed by atoms with van der Waals surface area (Å²) in [5.41, 5.74) is 2.23. The van der Waals surface area contributed by atoms with Crippen molar-refractivity contribution < 1.29 is 5.11 Å². The number of hydrogen-bond donors (Lipinski definition) is 1. The summed E-state index contributed by atoms with van der Waals surface area (Å²) in [5.74, 6) is 0. The van der Waals surface area contributed by atoms with Gasteiger partial charge in [-0.1, -0.05) is 35.1 Å². The summed E-state index contributed by atoms with van der Waals surface area (Å²) < 4.78 is 0. The topological polar surface area (TPSA) is 36.4 Å². The Bertz CT molecular complexity index is 643. The largest absolute Gasteiger partial charge is 0.388 e. The fourth-order valence-corrected chi connectivity index (χ4v) is 4.06. The zero-order valence-corrected chi connectivity index (χ0v) is 13.8. The van der Waals surface area contributed by atoms with Crippen LogP contribution in [0.4, 0.5) is 5.13 Å². The number of hydrogen-bond acceptors (Lipinski definition) is 4. The summed E-state index contributed by atoms with van der Waals surface area (Å²) in [6.45, 7) is 2.14. The lowest BCUT2D eigenvalue weighted by molar-refractivity contribution is 0.160.